The summed E-state index contributed by atoms with van der Waals surface area (Å²) in [4.78, 5) is 33.8. The van der Waals surface area contributed by atoms with Crippen molar-refractivity contribution in [3.05, 3.63) is 11.6 Å². The van der Waals surface area contributed by atoms with E-state index in [2.05, 4.69) is 22.0 Å². The van der Waals surface area contributed by atoms with Gasteiger partial charge in [-0.3, -0.25) is 14.9 Å². The third-order valence-electron chi connectivity index (χ3n) is 3.40. The van der Waals surface area contributed by atoms with Gasteiger partial charge in [-0.15, -0.1) is 0 Å². The molecule has 1 aliphatic heterocycles. The Morgan fingerprint density at radius 2 is 2.21 bits per heavy atom. The molecule has 6 heteroatoms. The number of rotatable bonds is 5. The van der Waals surface area contributed by atoms with Gasteiger partial charge >= 0.3 is 6.03 Å². The number of amides is 4. The van der Waals surface area contributed by atoms with Crippen LogP contribution in [0, 0.1) is 0 Å². The Morgan fingerprint density at radius 3 is 2.84 bits per heavy atom. The molecule has 0 saturated carbocycles. The predicted octanol–water partition coefficient (Wildman–Crippen LogP) is 0.591. The Labute approximate surface area is 112 Å². The van der Waals surface area contributed by atoms with Gasteiger partial charge in [-0.1, -0.05) is 11.6 Å². The maximum absolute atomic E-state index is 11.6. The van der Waals surface area contributed by atoms with Crippen molar-refractivity contribution >= 4 is 17.8 Å². The predicted molar refractivity (Wildman–Crippen MR) is 69.3 cm³/mol. The second-order valence-corrected chi connectivity index (χ2v) is 4.93. The third-order valence-corrected chi connectivity index (χ3v) is 3.40. The molecule has 1 fully saturated rings. The Morgan fingerprint density at radius 1 is 1.37 bits per heavy atom. The summed E-state index contributed by atoms with van der Waals surface area (Å²) in [6.07, 6.45) is 7.86. The molecule has 104 valence electrons. The van der Waals surface area contributed by atoms with Crippen molar-refractivity contribution in [3.63, 3.8) is 0 Å². The van der Waals surface area contributed by atoms with Crippen LogP contribution in [0.4, 0.5) is 4.79 Å². The Balaban J connectivity index is 1.66. The second-order valence-electron chi connectivity index (χ2n) is 4.93. The lowest BCUT2D eigenvalue weighted by Gasteiger charge is -2.13. The molecule has 0 aromatic heterocycles. The van der Waals surface area contributed by atoms with Crippen LogP contribution in [0.2, 0.25) is 0 Å². The monoisotopic (exact) mass is 265 g/mol. The maximum atomic E-state index is 11.6. The zero-order valence-electron chi connectivity index (χ0n) is 10.8. The fourth-order valence-electron chi connectivity index (χ4n) is 2.35. The van der Waals surface area contributed by atoms with Crippen molar-refractivity contribution in [1.29, 1.82) is 0 Å². The summed E-state index contributed by atoms with van der Waals surface area (Å²) in [6, 6.07) is -1.27. The van der Waals surface area contributed by atoms with Crippen molar-refractivity contribution < 1.29 is 14.4 Å². The lowest BCUT2D eigenvalue weighted by atomic mass is 9.97. The standard InChI is InChI=1S/C13H19N3O3/c17-11(8-10-12(18)16-13(19)15-10)14-7-6-9-4-2-1-3-5-9/h4,10H,1-3,5-8H2,(H,14,17)(H2,15,16,18,19). The minimum Gasteiger partial charge on any atom is -0.356 e. The Kier molecular flexibility index (Phi) is 4.54. The molecule has 6 nitrogen and oxygen atoms in total. The molecule has 0 spiro atoms. The molecule has 3 N–H and O–H groups in total. The first-order chi connectivity index (χ1) is 9.15. The highest BCUT2D eigenvalue weighted by Crippen LogP contribution is 2.19. The first kappa shape index (κ1) is 13.6. The molecular formula is C13H19N3O3. The SMILES string of the molecule is O=C(CC1NC(=O)NC1=O)NCCC1=CCCCC1. The molecule has 0 aromatic carbocycles. The van der Waals surface area contributed by atoms with Gasteiger partial charge in [-0.25, -0.2) is 4.79 Å². The van der Waals surface area contributed by atoms with E-state index in [0.717, 1.165) is 19.3 Å². The molecule has 1 saturated heterocycles. The van der Waals surface area contributed by atoms with Crippen molar-refractivity contribution in [3.8, 4) is 0 Å². The molecule has 0 aromatic rings. The fourth-order valence-corrected chi connectivity index (χ4v) is 2.35. The zero-order valence-corrected chi connectivity index (χ0v) is 10.8. The van der Waals surface area contributed by atoms with E-state index in [1.807, 2.05) is 0 Å². The van der Waals surface area contributed by atoms with E-state index in [9.17, 15) is 14.4 Å². The molecule has 4 amide bonds. The summed E-state index contributed by atoms with van der Waals surface area (Å²) in [7, 11) is 0. The van der Waals surface area contributed by atoms with Gasteiger partial charge in [0.15, 0.2) is 0 Å². The van der Waals surface area contributed by atoms with E-state index in [4.69, 9.17) is 0 Å². The number of imide groups is 1. The number of carbonyl (C=O) groups excluding carboxylic acids is 3. The first-order valence-electron chi connectivity index (χ1n) is 6.71. The molecule has 1 aliphatic carbocycles. The molecule has 0 radical (unpaired) electrons. The van der Waals surface area contributed by atoms with Crippen LogP contribution in [0.1, 0.15) is 38.5 Å². The lowest BCUT2D eigenvalue weighted by Crippen LogP contribution is -2.36. The highest BCUT2D eigenvalue weighted by atomic mass is 16.2. The van der Waals surface area contributed by atoms with Crippen molar-refractivity contribution in [2.75, 3.05) is 6.54 Å². The van der Waals surface area contributed by atoms with Crippen LogP contribution in [0.15, 0.2) is 11.6 Å². The molecular weight excluding hydrogens is 246 g/mol. The minimum atomic E-state index is -0.735. The van der Waals surface area contributed by atoms with Crippen molar-refractivity contribution in [2.45, 2.75) is 44.6 Å². The van der Waals surface area contributed by atoms with Gasteiger partial charge < -0.3 is 10.6 Å². The van der Waals surface area contributed by atoms with Gasteiger partial charge in [-0.2, -0.15) is 0 Å². The van der Waals surface area contributed by atoms with Crippen LogP contribution in [0.25, 0.3) is 0 Å². The Hall–Kier alpha value is -1.85. The van der Waals surface area contributed by atoms with Crippen LogP contribution in [0.5, 0.6) is 0 Å². The number of hydrogen-bond donors (Lipinski definition) is 3. The molecule has 2 aliphatic rings. The van der Waals surface area contributed by atoms with Crippen molar-refractivity contribution in [2.24, 2.45) is 0 Å². The van der Waals surface area contributed by atoms with Crippen LogP contribution in [-0.4, -0.2) is 30.4 Å². The van der Waals surface area contributed by atoms with Gasteiger partial charge in [0, 0.05) is 6.54 Å². The smallest absolute Gasteiger partial charge is 0.322 e. The summed E-state index contributed by atoms with van der Waals surface area (Å²) >= 11 is 0. The molecule has 19 heavy (non-hydrogen) atoms. The largest absolute Gasteiger partial charge is 0.356 e. The number of hydrogen-bond acceptors (Lipinski definition) is 3. The van der Waals surface area contributed by atoms with Crippen molar-refractivity contribution in [1.82, 2.24) is 16.0 Å². The lowest BCUT2D eigenvalue weighted by molar-refractivity contribution is -0.126. The Bertz CT molecular complexity index is 417. The number of nitrogens with one attached hydrogen (secondary N) is 3. The van der Waals surface area contributed by atoms with Gasteiger partial charge in [0.2, 0.25) is 5.91 Å². The second kappa shape index (κ2) is 6.36. The maximum Gasteiger partial charge on any atom is 0.322 e. The fraction of sp³-hybridized carbons (Fsp3) is 0.615. The van der Waals surface area contributed by atoms with Crippen LogP contribution in [0.3, 0.4) is 0 Å². The topological polar surface area (TPSA) is 87.3 Å². The summed E-state index contributed by atoms with van der Waals surface area (Å²) in [5.74, 6) is -0.645. The first-order valence-corrected chi connectivity index (χ1v) is 6.71. The normalized spacial score (nSPS) is 22.5. The summed E-state index contributed by atoms with van der Waals surface area (Å²) in [5.41, 5.74) is 1.40. The van der Waals surface area contributed by atoms with Gasteiger partial charge in [0.1, 0.15) is 6.04 Å². The zero-order chi connectivity index (χ0) is 13.7. The molecule has 1 heterocycles. The number of carbonyl (C=O) groups is 3. The van der Waals surface area contributed by atoms with Gasteiger partial charge in [0.05, 0.1) is 6.42 Å². The van der Waals surface area contributed by atoms with E-state index in [1.54, 1.807) is 0 Å². The number of allylic oxidation sites excluding steroid dienone is 1. The van der Waals surface area contributed by atoms with Crippen LogP contribution < -0.4 is 16.0 Å². The average molecular weight is 265 g/mol. The average Bonchev–Trinajstić information content (AvgIpc) is 2.69. The summed E-state index contributed by atoms with van der Waals surface area (Å²) < 4.78 is 0. The van der Waals surface area contributed by atoms with Gasteiger partial charge in [-0.05, 0) is 32.1 Å². The molecule has 1 unspecified atom stereocenters. The van der Waals surface area contributed by atoms with E-state index in [0.29, 0.717) is 6.54 Å². The van der Waals surface area contributed by atoms with E-state index in [1.165, 1.54) is 18.4 Å². The van der Waals surface area contributed by atoms with E-state index in [-0.39, 0.29) is 12.3 Å². The molecule has 2 rings (SSSR count). The van der Waals surface area contributed by atoms with Crippen LogP contribution in [-0.2, 0) is 9.59 Å². The quantitative estimate of drug-likeness (QED) is 0.502. The number of urea groups is 1. The molecule has 0 bridgehead atoms. The molecule has 1 atom stereocenters. The highest BCUT2D eigenvalue weighted by Gasteiger charge is 2.30. The highest BCUT2D eigenvalue weighted by molar-refractivity contribution is 6.05. The third kappa shape index (κ3) is 4.08. The van der Waals surface area contributed by atoms with Crippen LogP contribution >= 0.6 is 0 Å². The van der Waals surface area contributed by atoms with Gasteiger partial charge in [0.25, 0.3) is 5.91 Å². The van der Waals surface area contributed by atoms with E-state index < -0.39 is 18.0 Å². The summed E-state index contributed by atoms with van der Waals surface area (Å²) in [6.45, 7) is 0.590. The minimum absolute atomic E-state index is 0.00335. The van der Waals surface area contributed by atoms with E-state index >= 15 is 0 Å². The summed E-state index contributed by atoms with van der Waals surface area (Å²) in [5, 5.41) is 7.29.